The van der Waals surface area contributed by atoms with E-state index >= 15 is 0 Å². The van der Waals surface area contributed by atoms with Crippen molar-refractivity contribution in [3.63, 3.8) is 0 Å². The third-order valence-electron chi connectivity index (χ3n) is 2.33. The Balaban J connectivity index is 0.000000771. The topological polar surface area (TPSA) is 47.3 Å². The Morgan fingerprint density at radius 3 is 2.50 bits per heavy atom. The minimum Gasteiger partial charge on any atom is -0.295 e. The molecule has 2 heterocycles. The maximum atomic E-state index is 11.3. The molecule has 0 N–H and O–H groups in total. The Morgan fingerprint density at radius 1 is 1.28 bits per heavy atom. The number of carbonyl (C=O) groups is 1. The standard InChI is InChI=1S/C12H11N3O.C2H6/c1-4-5-11-6-10(8(2)16)7-12-14-13-9(3)15(11)12;1-2/h6-7H,1-3H3;1-2H3. The molecule has 0 radical (unpaired) electrons. The van der Waals surface area contributed by atoms with Gasteiger partial charge in [0.1, 0.15) is 11.5 Å². The first-order valence-corrected chi connectivity index (χ1v) is 5.93. The SMILES string of the molecule is CC.CC#Cc1cc(C(C)=O)cc2nnc(C)n12. The molecule has 2 aromatic heterocycles. The molecule has 0 fully saturated rings. The van der Waals surface area contributed by atoms with Crippen LogP contribution in [0.3, 0.4) is 0 Å². The van der Waals surface area contributed by atoms with Gasteiger partial charge in [-0.2, -0.15) is 0 Å². The maximum absolute atomic E-state index is 11.3. The number of ketones is 1. The van der Waals surface area contributed by atoms with Gasteiger partial charge in [-0.05, 0) is 38.8 Å². The zero-order chi connectivity index (χ0) is 13.7. The monoisotopic (exact) mass is 243 g/mol. The van der Waals surface area contributed by atoms with E-state index in [4.69, 9.17) is 0 Å². The second kappa shape index (κ2) is 5.97. The summed E-state index contributed by atoms with van der Waals surface area (Å²) >= 11 is 0. The summed E-state index contributed by atoms with van der Waals surface area (Å²) in [5.74, 6) is 6.54. The highest BCUT2D eigenvalue weighted by atomic mass is 16.1. The molecule has 0 unspecified atom stereocenters. The molecule has 0 aromatic carbocycles. The van der Waals surface area contributed by atoms with E-state index in [0.717, 1.165) is 11.5 Å². The van der Waals surface area contributed by atoms with Crippen molar-refractivity contribution in [2.24, 2.45) is 0 Å². The van der Waals surface area contributed by atoms with Crippen molar-refractivity contribution in [1.82, 2.24) is 14.6 Å². The Bertz CT molecular complexity index is 630. The first-order valence-electron chi connectivity index (χ1n) is 5.93. The van der Waals surface area contributed by atoms with Crippen LogP contribution >= 0.6 is 0 Å². The quantitative estimate of drug-likeness (QED) is 0.571. The third kappa shape index (κ3) is 2.57. The number of carbonyl (C=O) groups excluding carboxylic acids is 1. The molecule has 2 aromatic rings. The molecule has 0 spiro atoms. The largest absolute Gasteiger partial charge is 0.295 e. The average molecular weight is 243 g/mol. The molecular formula is C14H17N3O. The first-order chi connectivity index (χ1) is 8.63. The van der Waals surface area contributed by atoms with Crippen molar-refractivity contribution in [2.45, 2.75) is 34.6 Å². The highest BCUT2D eigenvalue weighted by molar-refractivity contribution is 5.95. The van der Waals surface area contributed by atoms with Crippen molar-refractivity contribution >= 4 is 11.4 Å². The summed E-state index contributed by atoms with van der Waals surface area (Å²) in [5, 5.41) is 7.97. The number of rotatable bonds is 1. The van der Waals surface area contributed by atoms with Crippen LogP contribution in [0.2, 0.25) is 0 Å². The summed E-state index contributed by atoms with van der Waals surface area (Å²) in [5.41, 5.74) is 2.01. The highest BCUT2D eigenvalue weighted by Gasteiger charge is 2.09. The summed E-state index contributed by atoms with van der Waals surface area (Å²) in [7, 11) is 0. The molecule has 0 saturated heterocycles. The summed E-state index contributed by atoms with van der Waals surface area (Å²) in [6, 6.07) is 3.49. The van der Waals surface area contributed by atoms with Gasteiger partial charge in [-0.15, -0.1) is 10.2 Å². The van der Waals surface area contributed by atoms with E-state index in [1.54, 1.807) is 19.1 Å². The number of aromatic nitrogens is 3. The molecule has 4 nitrogen and oxygen atoms in total. The fourth-order valence-corrected chi connectivity index (χ4v) is 1.59. The number of hydrogen-bond acceptors (Lipinski definition) is 3. The molecule has 0 aliphatic carbocycles. The molecule has 0 aliphatic heterocycles. The minimum absolute atomic E-state index is 0.00214. The van der Waals surface area contributed by atoms with E-state index in [1.807, 2.05) is 25.2 Å². The van der Waals surface area contributed by atoms with Gasteiger partial charge in [-0.3, -0.25) is 9.20 Å². The normalized spacial score (nSPS) is 9.17. The van der Waals surface area contributed by atoms with Gasteiger partial charge in [0.2, 0.25) is 0 Å². The van der Waals surface area contributed by atoms with Crippen LogP contribution in [0, 0.1) is 18.8 Å². The van der Waals surface area contributed by atoms with Crippen LogP contribution in [-0.2, 0) is 0 Å². The summed E-state index contributed by atoms with van der Waals surface area (Å²) in [4.78, 5) is 11.3. The van der Waals surface area contributed by atoms with Gasteiger partial charge < -0.3 is 0 Å². The van der Waals surface area contributed by atoms with Crippen molar-refractivity contribution in [2.75, 3.05) is 0 Å². The summed E-state index contributed by atoms with van der Waals surface area (Å²) < 4.78 is 1.84. The van der Waals surface area contributed by atoms with Crippen molar-refractivity contribution < 1.29 is 4.79 Å². The van der Waals surface area contributed by atoms with Gasteiger partial charge in [-0.25, -0.2) is 0 Å². The van der Waals surface area contributed by atoms with E-state index in [2.05, 4.69) is 22.0 Å². The zero-order valence-corrected chi connectivity index (χ0v) is 11.4. The molecule has 94 valence electrons. The predicted octanol–water partition coefficient (Wildman–Crippen LogP) is 2.64. The van der Waals surface area contributed by atoms with Crippen LogP contribution in [0.15, 0.2) is 12.1 Å². The molecule has 0 atom stereocenters. The Morgan fingerprint density at radius 2 is 1.94 bits per heavy atom. The Hall–Kier alpha value is -2.15. The molecule has 2 rings (SSSR count). The van der Waals surface area contributed by atoms with Gasteiger partial charge >= 0.3 is 0 Å². The van der Waals surface area contributed by atoms with Crippen LogP contribution in [-0.4, -0.2) is 20.4 Å². The smallest absolute Gasteiger partial charge is 0.162 e. The average Bonchev–Trinajstić information content (AvgIpc) is 2.74. The molecule has 4 heteroatoms. The van der Waals surface area contributed by atoms with Crippen LogP contribution < -0.4 is 0 Å². The van der Waals surface area contributed by atoms with Crippen molar-refractivity contribution in [3.8, 4) is 11.8 Å². The lowest BCUT2D eigenvalue weighted by Crippen LogP contribution is -2.00. The lowest BCUT2D eigenvalue weighted by atomic mass is 10.1. The second-order valence-electron chi connectivity index (χ2n) is 3.50. The van der Waals surface area contributed by atoms with Crippen molar-refractivity contribution in [1.29, 1.82) is 0 Å². The van der Waals surface area contributed by atoms with Gasteiger partial charge in [0.25, 0.3) is 0 Å². The first kappa shape index (κ1) is 13.9. The van der Waals surface area contributed by atoms with E-state index in [9.17, 15) is 4.79 Å². The highest BCUT2D eigenvalue weighted by Crippen LogP contribution is 2.12. The van der Waals surface area contributed by atoms with Gasteiger partial charge in [0, 0.05) is 5.56 Å². The predicted molar refractivity (Wildman–Crippen MR) is 71.6 cm³/mol. The molecule has 0 bridgehead atoms. The minimum atomic E-state index is 0.00214. The van der Waals surface area contributed by atoms with Gasteiger partial charge in [0.05, 0.1) is 0 Å². The lowest BCUT2D eigenvalue weighted by molar-refractivity contribution is 0.101. The molecule has 0 aliphatic rings. The molecular weight excluding hydrogens is 226 g/mol. The number of pyridine rings is 1. The van der Waals surface area contributed by atoms with Crippen LogP contribution in [0.25, 0.3) is 5.65 Å². The Kier molecular flexibility index (Phi) is 4.61. The number of nitrogens with zero attached hydrogens (tertiary/aromatic N) is 3. The molecule has 0 saturated carbocycles. The number of aryl methyl sites for hydroxylation is 1. The van der Waals surface area contributed by atoms with Crippen LogP contribution in [0.4, 0.5) is 0 Å². The maximum Gasteiger partial charge on any atom is 0.162 e. The van der Waals surface area contributed by atoms with Gasteiger partial charge in [-0.1, -0.05) is 19.8 Å². The van der Waals surface area contributed by atoms with E-state index < -0.39 is 0 Å². The third-order valence-corrected chi connectivity index (χ3v) is 2.33. The summed E-state index contributed by atoms with van der Waals surface area (Å²) in [6.07, 6.45) is 0. The number of fused-ring (bicyclic) bond motifs is 1. The van der Waals surface area contributed by atoms with E-state index in [1.165, 1.54) is 6.92 Å². The van der Waals surface area contributed by atoms with E-state index in [0.29, 0.717) is 11.2 Å². The van der Waals surface area contributed by atoms with Crippen LogP contribution in [0.5, 0.6) is 0 Å². The lowest BCUT2D eigenvalue weighted by Gasteiger charge is -2.02. The van der Waals surface area contributed by atoms with Crippen LogP contribution in [0.1, 0.15) is 49.6 Å². The van der Waals surface area contributed by atoms with E-state index in [-0.39, 0.29) is 5.78 Å². The zero-order valence-electron chi connectivity index (χ0n) is 11.4. The Labute approximate surface area is 107 Å². The molecule has 18 heavy (non-hydrogen) atoms. The fourth-order valence-electron chi connectivity index (χ4n) is 1.59. The van der Waals surface area contributed by atoms with Crippen molar-refractivity contribution in [3.05, 3.63) is 29.2 Å². The second-order valence-corrected chi connectivity index (χ2v) is 3.50. The van der Waals surface area contributed by atoms with Gasteiger partial charge in [0.15, 0.2) is 11.4 Å². The number of hydrogen-bond donors (Lipinski definition) is 0. The molecule has 0 amide bonds. The fraction of sp³-hybridized carbons (Fsp3) is 0.357. The number of Topliss-reactive ketones (excluding diaryl/α,β-unsaturated/α-hetero) is 1. The summed E-state index contributed by atoms with van der Waals surface area (Å²) in [6.45, 7) is 9.14.